The van der Waals surface area contributed by atoms with Gasteiger partial charge in [-0.05, 0) is 29.3 Å². The average Bonchev–Trinajstić information content (AvgIpc) is 3.29. The number of aromatic amines is 1. The number of nitrogens with zero attached hydrogens (tertiary/aromatic N) is 3. The van der Waals surface area contributed by atoms with Crippen LogP contribution in [0.15, 0.2) is 102 Å². The summed E-state index contributed by atoms with van der Waals surface area (Å²) in [6.45, 7) is 1.40. The molecule has 0 saturated heterocycles. The van der Waals surface area contributed by atoms with Crippen molar-refractivity contribution >= 4 is 28.3 Å². The van der Waals surface area contributed by atoms with Crippen molar-refractivity contribution in [3.05, 3.63) is 108 Å². The van der Waals surface area contributed by atoms with Crippen LogP contribution in [0.2, 0.25) is 0 Å². The lowest BCUT2D eigenvalue weighted by Gasteiger charge is -2.11. The maximum absolute atomic E-state index is 14.0. The van der Waals surface area contributed by atoms with Gasteiger partial charge in [-0.25, -0.2) is 4.98 Å². The van der Waals surface area contributed by atoms with E-state index in [-0.39, 0.29) is 17.3 Å². The smallest absolute Gasteiger partial charge is 0.282 e. The van der Waals surface area contributed by atoms with E-state index in [9.17, 15) is 9.59 Å². The van der Waals surface area contributed by atoms with Crippen LogP contribution in [-0.4, -0.2) is 25.5 Å². The molecule has 0 bridgehead atoms. The van der Waals surface area contributed by atoms with Crippen LogP contribution in [-0.2, 0) is 4.79 Å². The number of carbonyl (C=O) groups is 1. The highest BCUT2D eigenvalue weighted by atomic mass is 16.1. The van der Waals surface area contributed by atoms with Gasteiger partial charge in [0.2, 0.25) is 5.91 Å². The molecule has 7 nitrogen and oxygen atoms in total. The van der Waals surface area contributed by atoms with Gasteiger partial charge in [0, 0.05) is 24.1 Å². The van der Waals surface area contributed by atoms with Crippen molar-refractivity contribution in [3.63, 3.8) is 0 Å². The second kappa shape index (κ2) is 8.63. The van der Waals surface area contributed by atoms with Gasteiger partial charge in [0.1, 0.15) is 5.82 Å². The molecule has 0 aliphatic heterocycles. The molecule has 7 heteroatoms. The first-order valence-corrected chi connectivity index (χ1v) is 11.5. The molecular formula is C29H21N5O2. The van der Waals surface area contributed by atoms with E-state index in [0.29, 0.717) is 16.8 Å². The van der Waals surface area contributed by atoms with Crippen molar-refractivity contribution in [1.82, 2.24) is 19.6 Å². The number of hydrogen-bond acceptors (Lipinski definition) is 4. The van der Waals surface area contributed by atoms with Gasteiger partial charge in [0.25, 0.3) is 5.56 Å². The highest BCUT2D eigenvalue weighted by Crippen LogP contribution is 2.36. The number of benzene rings is 3. The van der Waals surface area contributed by atoms with E-state index in [1.165, 1.54) is 11.4 Å². The molecule has 1 amide bonds. The molecule has 0 atom stereocenters. The largest absolute Gasteiger partial charge is 0.310 e. The van der Waals surface area contributed by atoms with Crippen LogP contribution in [0.1, 0.15) is 6.92 Å². The van der Waals surface area contributed by atoms with Crippen molar-refractivity contribution in [3.8, 4) is 33.5 Å². The van der Waals surface area contributed by atoms with Gasteiger partial charge in [0.15, 0.2) is 5.65 Å². The van der Waals surface area contributed by atoms with Crippen molar-refractivity contribution < 1.29 is 4.79 Å². The fourth-order valence-electron chi connectivity index (χ4n) is 4.51. The summed E-state index contributed by atoms with van der Waals surface area (Å²) in [7, 11) is 0. The molecule has 174 valence electrons. The van der Waals surface area contributed by atoms with Crippen molar-refractivity contribution in [1.29, 1.82) is 0 Å². The second-order valence-corrected chi connectivity index (χ2v) is 8.49. The summed E-state index contributed by atoms with van der Waals surface area (Å²) in [6.07, 6.45) is 1.72. The topological polar surface area (TPSA) is 92.1 Å². The van der Waals surface area contributed by atoms with E-state index < -0.39 is 0 Å². The molecular weight excluding hydrogens is 450 g/mol. The molecule has 3 aromatic carbocycles. The fourth-order valence-corrected chi connectivity index (χ4v) is 4.51. The highest BCUT2D eigenvalue weighted by Gasteiger charge is 2.23. The van der Waals surface area contributed by atoms with Crippen LogP contribution in [0.3, 0.4) is 0 Å². The zero-order valence-corrected chi connectivity index (χ0v) is 19.4. The lowest BCUT2D eigenvalue weighted by atomic mass is 10.0. The van der Waals surface area contributed by atoms with E-state index in [0.717, 1.165) is 33.3 Å². The Bertz CT molecular complexity index is 1810. The fraction of sp³-hybridized carbons (Fsp3) is 0.0345. The predicted molar refractivity (Wildman–Crippen MR) is 142 cm³/mol. The SMILES string of the molecule is CC(=O)Nc1nc2c(-c3ccccc3)c(-c3ccccc3)[nH]n2c(=O)c1-c1ccc2ncccc2c1. The molecule has 3 heterocycles. The minimum atomic E-state index is -0.314. The number of carbonyl (C=O) groups excluding carboxylic acids is 1. The number of pyridine rings is 1. The second-order valence-electron chi connectivity index (χ2n) is 8.49. The maximum atomic E-state index is 14.0. The van der Waals surface area contributed by atoms with Crippen LogP contribution < -0.4 is 10.9 Å². The first kappa shape index (κ1) is 21.5. The van der Waals surface area contributed by atoms with Gasteiger partial charge in [-0.2, -0.15) is 4.52 Å². The molecule has 0 saturated carbocycles. The minimum absolute atomic E-state index is 0.214. The van der Waals surface area contributed by atoms with E-state index in [2.05, 4.69) is 15.4 Å². The molecule has 0 spiro atoms. The summed E-state index contributed by atoms with van der Waals surface area (Å²) in [5, 5.41) is 6.96. The summed E-state index contributed by atoms with van der Waals surface area (Å²) in [4.78, 5) is 35.4. The number of hydrogen-bond donors (Lipinski definition) is 2. The number of aromatic nitrogens is 4. The molecule has 3 aromatic heterocycles. The Kier molecular flexibility index (Phi) is 5.15. The Morgan fingerprint density at radius 1 is 0.833 bits per heavy atom. The van der Waals surface area contributed by atoms with E-state index in [4.69, 9.17) is 4.98 Å². The van der Waals surface area contributed by atoms with Gasteiger partial charge >= 0.3 is 0 Å². The Morgan fingerprint density at radius 3 is 2.28 bits per heavy atom. The van der Waals surface area contributed by atoms with E-state index in [1.54, 1.807) is 6.20 Å². The molecule has 0 unspecified atom stereocenters. The third-order valence-corrected chi connectivity index (χ3v) is 6.09. The van der Waals surface area contributed by atoms with Gasteiger partial charge in [-0.15, -0.1) is 0 Å². The molecule has 6 rings (SSSR count). The van der Waals surface area contributed by atoms with Crippen molar-refractivity contribution in [2.45, 2.75) is 6.92 Å². The molecule has 6 aromatic rings. The third-order valence-electron chi connectivity index (χ3n) is 6.09. The summed E-state index contributed by atoms with van der Waals surface area (Å²) < 4.78 is 1.46. The predicted octanol–water partition coefficient (Wildman–Crippen LogP) is 5.53. The quantitative estimate of drug-likeness (QED) is 0.354. The van der Waals surface area contributed by atoms with Crippen LogP contribution in [0.25, 0.3) is 50.1 Å². The lowest BCUT2D eigenvalue weighted by molar-refractivity contribution is -0.114. The van der Waals surface area contributed by atoms with Crippen molar-refractivity contribution in [2.24, 2.45) is 0 Å². The Balaban J connectivity index is 1.70. The molecule has 0 aliphatic carbocycles. The number of fused-ring (bicyclic) bond motifs is 2. The zero-order chi connectivity index (χ0) is 24.6. The van der Waals surface area contributed by atoms with Crippen LogP contribution in [0.5, 0.6) is 0 Å². The molecule has 0 fully saturated rings. The van der Waals surface area contributed by atoms with Crippen LogP contribution in [0.4, 0.5) is 5.82 Å². The van der Waals surface area contributed by atoms with Crippen LogP contribution >= 0.6 is 0 Å². The summed E-state index contributed by atoms with van der Waals surface area (Å²) in [5.74, 6) is -0.0958. The number of rotatable bonds is 4. The maximum Gasteiger partial charge on any atom is 0.282 e. The summed E-state index contributed by atoms with van der Waals surface area (Å²) in [6, 6.07) is 28.9. The lowest BCUT2D eigenvalue weighted by Crippen LogP contribution is -2.21. The van der Waals surface area contributed by atoms with E-state index >= 15 is 0 Å². The first-order valence-electron chi connectivity index (χ1n) is 11.5. The standard InChI is InChI=1S/C29H21N5O2/c1-18(35)31-27-25(22-14-15-23-21(17-22)13-8-16-30-23)29(36)34-28(32-27)24(19-9-4-2-5-10-19)26(33-34)20-11-6-3-7-12-20/h2-17,33H,1H3,(H,31,35). The summed E-state index contributed by atoms with van der Waals surface area (Å²) in [5.41, 5.74) is 5.23. The van der Waals surface area contributed by atoms with Gasteiger partial charge in [0.05, 0.1) is 22.3 Å². The molecule has 0 radical (unpaired) electrons. The van der Waals surface area contributed by atoms with Crippen molar-refractivity contribution in [2.75, 3.05) is 5.32 Å². The highest BCUT2D eigenvalue weighted by molar-refractivity contribution is 5.97. The Labute approximate surface area is 206 Å². The van der Waals surface area contributed by atoms with Gasteiger partial charge in [-0.1, -0.05) is 72.8 Å². The number of amides is 1. The minimum Gasteiger partial charge on any atom is -0.310 e. The molecule has 2 N–H and O–H groups in total. The normalized spacial score (nSPS) is 11.1. The first-order chi connectivity index (χ1) is 17.6. The number of nitrogens with one attached hydrogen (secondary N) is 2. The Morgan fingerprint density at radius 2 is 1.56 bits per heavy atom. The monoisotopic (exact) mass is 471 g/mol. The number of anilines is 1. The molecule has 0 aliphatic rings. The van der Waals surface area contributed by atoms with E-state index in [1.807, 2.05) is 91.0 Å². The zero-order valence-electron chi connectivity index (χ0n) is 19.4. The van der Waals surface area contributed by atoms with Crippen LogP contribution in [0, 0.1) is 0 Å². The van der Waals surface area contributed by atoms with Gasteiger partial charge in [-0.3, -0.25) is 19.7 Å². The third kappa shape index (κ3) is 3.63. The van der Waals surface area contributed by atoms with Gasteiger partial charge < -0.3 is 5.32 Å². The average molecular weight is 472 g/mol. The summed E-state index contributed by atoms with van der Waals surface area (Å²) >= 11 is 0. The number of H-pyrrole nitrogens is 1. The Hall–Kier alpha value is -5.04. The molecule has 36 heavy (non-hydrogen) atoms.